The van der Waals surface area contributed by atoms with Crippen LogP contribution in [0.4, 0.5) is 0 Å². The first-order valence-electron chi connectivity index (χ1n) is 9.17. The highest BCUT2D eigenvalue weighted by Crippen LogP contribution is 2.25. The molecular weight excluding hydrogens is 380 g/mol. The number of aryl methyl sites for hydroxylation is 1. The first kappa shape index (κ1) is 20.0. The van der Waals surface area contributed by atoms with E-state index in [4.69, 9.17) is 16.3 Å². The molecule has 2 aromatic rings. The van der Waals surface area contributed by atoms with Gasteiger partial charge in [0.2, 0.25) is 5.91 Å². The van der Waals surface area contributed by atoms with Gasteiger partial charge in [-0.2, -0.15) is 0 Å². The number of carbonyl (C=O) groups is 2. The van der Waals surface area contributed by atoms with Crippen molar-refractivity contribution in [2.45, 2.75) is 12.8 Å². The molecule has 0 unspecified atom stereocenters. The number of carbonyl (C=O) groups excluding carboxylic acids is 2. The van der Waals surface area contributed by atoms with Crippen molar-refractivity contribution in [2.75, 3.05) is 33.3 Å². The van der Waals surface area contributed by atoms with Crippen LogP contribution in [-0.4, -0.2) is 60.0 Å². The standard InChI is InChI=1S/C21H23ClN2O4/c1-28-19-8-6-15(14-17(19)22)7-9-20(26)23-10-12-24(13-11-23)21(27)16-4-2-3-5-18(16)25/h2-6,8,14,25H,7,9-13H2,1H3. The van der Waals surface area contributed by atoms with Crippen molar-refractivity contribution >= 4 is 23.4 Å². The number of methoxy groups -OCH3 is 1. The molecule has 3 rings (SSSR count). The van der Waals surface area contributed by atoms with Crippen LogP contribution in [0.1, 0.15) is 22.3 Å². The summed E-state index contributed by atoms with van der Waals surface area (Å²) in [5.41, 5.74) is 1.27. The van der Waals surface area contributed by atoms with Gasteiger partial charge in [-0.25, -0.2) is 0 Å². The summed E-state index contributed by atoms with van der Waals surface area (Å²) in [5.74, 6) is 0.436. The van der Waals surface area contributed by atoms with Crippen LogP contribution in [-0.2, 0) is 11.2 Å². The number of para-hydroxylation sites is 1. The second kappa shape index (κ2) is 8.97. The molecule has 0 atom stereocenters. The Balaban J connectivity index is 1.50. The number of nitrogens with zero attached hydrogens (tertiary/aromatic N) is 2. The number of benzene rings is 2. The molecule has 1 fully saturated rings. The third-order valence-corrected chi connectivity index (χ3v) is 5.19. The highest BCUT2D eigenvalue weighted by molar-refractivity contribution is 6.32. The van der Waals surface area contributed by atoms with E-state index in [1.165, 1.54) is 6.07 Å². The topological polar surface area (TPSA) is 70.1 Å². The van der Waals surface area contributed by atoms with E-state index >= 15 is 0 Å². The molecule has 2 aromatic carbocycles. The van der Waals surface area contributed by atoms with E-state index in [2.05, 4.69) is 0 Å². The first-order valence-corrected chi connectivity index (χ1v) is 9.55. The second-order valence-electron chi connectivity index (χ2n) is 6.66. The summed E-state index contributed by atoms with van der Waals surface area (Å²) in [6.07, 6.45) is 0.982. The van der Waals surface area contributed by atoms with Crippen molar-refractivity contribution < 1.29 is 19.4 Å². The molecule has 1 heterocycles. The third-order valence-electron chi connectivity index (χ3n) is 4.90. The van der Waals surface area contributed by atoms with Gasteiger partial charge in [-0.15, -0.1) is 0 Å². The van der Waals surface area contributed by atoms with Crippen LogP contribution in [0.2, 0.25) is 5.02 Å². The fraction of sp³-hybridized carbons (Fsp3) is 0.333. The van der Waals surface area contributed by atoms with Crippen LogP contribution < -0.4 is 4.74 Å². The van der Waals surface area contributed by atoms with Gasteiger partial charge in [0, 0.05) is 32.6 Å². The number of hydrogen-bond donors (Lipinski definition) is 1. The average Bonchev–Trinajstić information content (AvgIpc) is 2.72. The summed E-state index contributed by atoms with van der Waals surface area (Å²) in [6.45, 7) is 1.88. The lowest BCUT2D eigenvalue weighted by Gasteiger charge is -2.35. The zero-order valence-corrected chi connectivity index (χ0v) is 16.5. The monoisotopic (exact) mass is 402 g/mol. The lowest BCUT2D eigenvalue weighted by atomic mass is 10.1. The Morgan fingerprint density at radius 1 is 1.07 bits per heavy atom. The van der Waals surface area contributed by atoms with Crippen LogP contribution in [0, 0.1) is 0 Å². The van der Waals surface area contributed by atoms with Gasteiger partial charge in [-0.05, 0) is 36.2 Å². The van der Waals surface area contributed by atoms with Gasteiger partial charge in [-0.1, -0.05) is 29.8 Å². The van der Waals surface area contributed by atoms with Crippen LogP contribution >= 0.6 is 11.6 Å². The molecule has 1 aliphatic heterocycles. The summed E-state index contributed by atoms with van der Waals surface area (Å²) in [4.78, 5) is 28.5. The number of halogens is 1. The number of aromatic hydroxyl groups is 1. The average molecular weight is 403 g/mol. The van der Waals surface area contributed by atoms with Gasteiger partial charge in [0.25, 0.3) is 5.91 Å². The Morgan fingerprint density at radius 2 is 1.75 bits per heavy atom. The molecular formula is C21H23ClN2O4. The minimum atomic E-state index is -0.210. The molecule has 1 N–H and O–H groups in total. The molecule has 2 amide bonds. The minimum Gasteiger partial charge on any atom is -0.507 e. The molecule has 0 radical (unpaired) electrons. The predicted molar refractivity (Wildman–Crippen MR) is 107 cm³/mol. The Labute approximate surface area is 169 Å². The van der Waals surface area contributed by atoms with Crippen molar-refractivity contribution in [3.05, 3.63) is 58.6 Å². The van der Waals surface area contributed by atoms with E-state index in [1.54, 1.807) is 41.2 Å². The molecule has 0 aromatic heterocycles. The molecule has 0 saturated carbocycles. The van der Waals surface area contributed by atoms with E-state index in [9.17, 15) is 14.7 Å². The molecule has 0 bridgehead atoms. The predicted octanol–water partition coefficient (Wildman–Crippen LogP) is 2.97. The fourth-order valence-electron chi connectivity index (χ4n) is 3.26. The number of piperazine rings is 1. The van der Waals surface area contributed by atoms with Crippen LogP contribution in [0.25, 0.3) is 0 Å². The van der Waals surface area contributed by atoms with Gasteiger partial charge in [-0.3, -0.25) is 9.59 Å². The Kier molecular flexibility index (Phi) is 6.41. The van der Waals surface area contributed by atoms with Gasteiger partial charge >= 0.3 is 0 Å². The number of phenolic OH excluding ortho intramolecular Hbond substituents is 1. The lowest BCUT2D eigenvalue weighted by Crippen LogP contribution is -2.50. The minimum absolute atomic E-state index is 0.0239. The van der Waals surface area contributed by atoms with Crippen LogP contribution in [0.15, 0.2) is 42.5 Å². The quantitative estimate of drug-likeness (QED) is 0.834. The molecule has 1 saturated heterocycles. The van der Waals surface area contributed by atoms with E-state index in [1.807, 2.05) is 12.1 Å². The molecule has 148 valence electrons. The Morgan fingerprint density at radius 3 is 2.39 bits per heavy atom. The molecule has 7 heteroatoms. The van der Waals surface area contributed by atoms with Crippen molar-refractivity contribution in [1.29, 1.82) is 0 Å². The fourth-order valence-corrected chi connectivity index (χ4v) is 3.54. The Hall–Kier alpha value is -2.73. The first-order chi connectivity index (χ1) is 13.5. The maximum absolute atomic E-state index is 12.5. The summed E-state index contributed by atoms with van der Waals surface area (Å²) in [7, 11) is 1.56. The van der Waals surface area contributed by atoms with Gasteiger partial charge in [0.15, 0.2) is 0 Å². The van der Waals surface area contributed by atoms with E-state index in [0.717, 1.165) is 5.56 Å². The van der Waals surface area contributed by atoms with Crippen molar-refractivity contribution in [2.24, 2.45) is 0 Å². The van der Waals surface area contributed by atoms with E-state index < -0.39 is 0 Å². The maximum Gasteiger partial charge on any atom is 0.257 e. The summed E-state index contributed by atoms with van der Waals surface area (Å²) in [5, 5.41) is 10.4. The summed E-state index contributed by atoms with van der Waals surface area (Å²) in [6, 6.07) is 12.0. The highest BCUT2D eigenvalue weighted by Gasteiger charge is 2.25. The highest BCUT2D eigenvalue weighted by atomic mass is 35.5. The van der Waals surface area contributed by atoms with Crippen molar-refractivity contribution in [1.82, 2.24) is 9.80 Å². The molecule has 0 aliphatic carbocycles. The largest absolute Gasteiger partial charge is 0.507 e. The van der Waals surface area contributed by atoms with E-state index in [-0.39, 0.29) is 17.6 Å². The Bertz CT molecular complexity index is 863. The molecule has 6 nitrogen and oxygen atoms in total. The van der Waals surface area contributed by atoms with Crippen LogP contribution in [0.5, 0.6) is 11.5 Å². The summed E-state index contributed by atoms with van der Waals surface area (Å²) >= 11 is 6.13. The van der Waals surface area contributed by atoms with Gasteiger partial charge in [0.1, 0.15) is 11.5 Å². The molecule has 0 spiro atoms. The van der Waals surface area contributed by atoms with Gasteiger partial charge < -0.3 is 19.6 Å². The summed E-state index contributed by atoms with van der Waals surface area (Å²) < 4.78 is 5.13. The molecule has 28 heavy (non-hydrogen) atoms. The van der Waals surface area contributed by atoms with Crippen molar-refractivity contribution in [3.63, 3.8) is 0 Å². The SMILES string of the molecule is COc1ccc(CCC(=O)N2CCN(C(=O)c3ccccc3O)CC2)cc1Cl. The zero-order valence-electron chi connectivity index (χ0n) is 15.7. The second-order valence-corrected chi connectivity index (χ2v) is 7.07. The maximum atomic E-state index is 12.5. The molecule has 1 aliphatic rings. The van der Waals surface area contributed by atoms with Crippen molar-refractivity contribution in [3.8, 4) is 11.5 Å². The number of hydrogen-bond acceptors (Lipinski definition) is 4. The smallest absolute Gasteiger partial charge is 0.257 e. The normalized spacial score (nSPS) is 14.1. The third kappa shape index (κ3) is 4.57. The number of amides is 2. The number of phenols is 1. The zero-order chi connectivity index (χ0) is 20.1. The van der Waals surface area contributed by atoms with E-state index in [0.29, 0.717) is 55.4 Å². The number of ether oxygens (including phenoxy) is 1. The van der Waals surface area contributed by atoms with Gasteiger partial charge in [0.05, 0.1) is 17.7 Å². The lowest BCUT2D eigenvalue weighted by molar-refractivity contribution is -0.132. The van der Waals surface area contributed by atoms with Crippen LogP contribution in [0.3, 0.4) is 0 Å². The number of rotatable bonds is 5.